The van der Waals surface area contributed by atoms with Gasteiger partial charge in [-0.1, -0.05) is 30.3 Å². The minimum Gasteiger partial charge on any atom is -0.444 e. The molecule has 202 valence electrons. The van der Waals surface area contributed by atoms with Crippen LogP contribution in [-0.2, 0) is 17.1 Å². The Hall–Kier alpha value is -3.24. The molecule has 37 heavy (non-hydrogen) atoms. The van der Waals surface area contributed by atoms with Crippen molar-refractivity contribution in [3.05, 3.63) is 70.8 Å². The van der Waals surface area contributed by atoms with Gasteiger partial charge in [0.25, 0.3) is 5.91 Å². The highest BCUT2D eigenvalue weighted by Gasteiger charge is 2.40. The summed E-state index contributed by atoms with van der Waals surface area (Å²) in [5.41, 5.74) is -3.68. The molecule has 0 aliphatic carbocycles. The molecule has 2 atom stereocenters. The number of rotatable bonds is 4. The molecule has 0 radical (unpaired) electrons. The van der Waals surface area contributed by atoms with Crippen molar-refractivity contribution in [2.75, 3.05) is 26.7 Å². The van der Waals surface area contributed by atoms with Crippen LogP contribution in [0.2, 0.25) is 0 Å². The predicted molar refractivity (Wildman–Crippen MR) is 124 cm³/mol. The molecule has 1 aliphatic rings. The van der Waals surface area contributed by atoms with Gasteiger partial charge in [0.1, 0.15) is 5.60 Å². The third-order valence-electron chi connectivity index (χ3n) is 6.01. The lowest BCUT2D eigenvalue weighted by Crippen LogP contribution is -2.37. The number of carbonyl (C=O) groups is 2. The van der Waals surface area contributed by atoms with Crippen LogP contribution < -0.4 is 0 Å². The van der Waals surface area contributed by atoms with Gasteiger partial charge in [-0.15, -0.1) is 0 Å². The largest absolute Gasteiger partial charge is 0.444 e. The number of hydrogen-bond donors (Lipinski definition) is 0. The molecule has 2 amide bonds. The quantitative estimate of drug-likeness (QED) is 0.427. The molecule has 0 aromatic heterocycles. The lowest BCUT2D eigenvalue weighted by molar-refractivity contribution is -0.143. The summed E-state index contributed by atoms with van der Waals surface area (Å²) < 4.78 is 85.0. The maximum Gasteiger partial charge on any atom is 0.416 e. The first-order valence-corrected chi connectivity index (χ1v) is 11.5. The van der Waals surface area contributed by atoms with Crippen molar-refractivity contribution >= 4 is 12.0 Å². The smallest absolute Gasteiger partial charge is 0.416 e. The van der Waals surface area contributed by atoms with E-state index in [1.165, 1.54) is 11.9 Å². The lowest BCUT2D eigenvalue weighted by atomic mass is 9.88. The zero-order valence-corrected chi connectivity index (χ0v) is 20.8. The summed E-state index contributed by atoms with van der Waals surface area (Å²) in [5.74, 6) is -1.55. The Morgan fingerprint density at radius 3 is 1.95 bits per heavy atom. The number of halogens is 6. The van der Waals surface area contributed by atoms with Crippen molar-refractivity contribution in [2.24, 2.45) is 5.92 Å². The zero-order chi connectivity index (χ0) is 27.8. The molecule has 0 unspecified atom stereocenters. The van der Waals surface area contributed by atoms with Crippen molar-refractivity contribution in [1.82, 2.24) is 9.80 Å². The van der Waals surface area contributed by atoms with Crippen LogP contribution in [-0.4, -0.2) is 54.1 Å². The summed E-state index contributed by atoms with van der Waals surface area (Å²) >= 11 is 0. The Labute approximate surface area is 211 Å². The summed E-state index contributed by atoms with van der Waals surface area (Å²) in [5, 5.41) is 0. The van der Waals surface area contributed by atoms with Gasteiger partial charge in [-0.05, 0) is 44.5 Å². The third kappa shape index (κ3) is 7.17. The Morgan fingerprint density at radius 2 is 1.46 bits per heavy atom. The second-order valence-electron chi connectivity index (χ2n) is 10.1. The normalized spacial score (nSPS) is 18.6. The standard InChI is InChI=1S/C26H28F6N2O3/c1-24(2,3)37-23(36)34-14-18(21(15-34)16-8-6-5-7-9-16)13-33(4)22(35)17-10-19(25(27,28)29)12-20(11-17)26(30,31)32/h5-12,18,21H,13-15H2,1-4H3/t18-,21-/m0/s1. The number of amides is 2. The van der Waals surface area contributed by atoms with E-state index < -0.39 is 46.6 Å². The van der Waals surface area contributed by atoms with Crippen molar-refractivity contribution in [2.45, 2.75) is 44.6 Å². The number of benzene rings is 2. The fraction of sp³-hybridized carbons (Fsp3) is 0.462. The molecule has 5 nitrogen and oxygen atoms in total. The second-order valence-corrected chi connectivity index (χ2v) is 10.1. The molecule has 0 spiro atoms. The van der Waals surface area contributed by atoms with Gasteiger partial charge in [-0.2, -0.15) is 26.3 Å². The Kier molecular flexibility index (Phi) is 7.85. The minimum atomic E-state index is -5.06. The molecule has 0 bridgehead atoms. The summed E-state index contributed by atoms with van der Waals surface area (Å²) in [6, 6.07) is 10.0. The van der Waals surface area contributed by atoms with Gasteiger partial charge in [0.05, 0.1) is 11.1 Å². The van der Waals surface area contributed by atoms with E-state index in [4.69, 9.17) is 4.74 Å². The number of alkyl halides is 6. The lowest BCUT2D eigenvalue weighted by Gasteiger charge is -2.26. The SMILES string of the molecule is CN(C[C@H]1CN(C(=O)OC(C)(C)C)C[C@H]1c1ccccc1)C(=O)c1cc(C(F)(F)F)cc(C(F)(F)F)c1. The molecular weight excluding hydrogens is 502 g/mol. The Bertz CT molecular complexity index is 1090. The van der Waals surface area contributed by atoms with Crippen LogP contribution in [0.25, 0.3) is 0 Å². The second kappa shape index (κ2) is 10.3. The average Bonchev–Trinajstić information content (AvgIpc) is 3.20. The van der Waals surface area contributed by atoms with E-state index in [9.17, 15) is 35.9 Å². The van der Waals surface area contributed by atoms with E-state index in [-0.39, 0.29) is 37.5 Å². The minimum absolute atomic E-state index is 0.00467. The van der Waals surface area contributed by atoms with Crippen LogP contribution in [0.15, 0.2) is 48.5 Å². The molecule has 0 saturated carbocycles. The van der Waals surface area contributed by atoms with E-state index in [1.54, 1.807) is 20.8 Å². The molecule has 2 aromatic carbocycles. The molecule has 2 aromatic rings. The van der Waals surface area contributed by atoms with Crippen LogP contribution in [0.5, 0.6) is 0 Å². The van der Waals surface area contributed by atoms with Crippen molar-refractivity contribution in [1.29, 1.82) is 0 Å². The van der Waals surface area contributed by atoms with Gasteiger partial charge in [0.2, 0.25) is 0 Å². The number of likely N-dealkylation sites (tertiary alicyclic amines) is 1. The predicted octanol–water partition coefficient (Wildman–Crippen LogP) is 6.45. The van der Waals surface area contributed by atoms with Gasteiger partial charge in [0.15, 0.2) is 0 Å². The molecule has 1 heterocycles. The van der Waals surface area contributed by atoms with Crippen LogP contribution in [0.1, 0.15) is 53.7 Å². The van der Waals surface area contributed by atoms with E-state index in [0.29, 0.717) is 12.1 Å². The van der Waals surface area contributed by atoms with Gasteiger partial charge >= 0.3 is 18.4 Å². The van der Waals surface area contributed by atoms with E-state index >= 15 is 0 Å². The summed E-state index contributed by atoms with van der Waals surface area (Å²) in [6.07, 6.45) is -10.7. The fourth-order valence-corrected chi connectivity index (χ4v) is 4.34. The first-order valence-electron chi connectivity index (χ1n) is 11.5. The zero-order valence-electron chi connectivity index (χ0n) is 20.8. The molecular formula is C26H28F6N2O3. The highest BCUT2D eigenvalue weighted by Crippen LogP contribution is 2.37. The van der Waals surface area contributed by atoms with Crippen LogP contribution in [0.4, 0.5) is 31.1 Å². The Morgan fingerprint density at radius 1 is 0.919 bits per heavy atom. The van der Waals surface area contributed by atoms with Crippen molar-refractivity contribution in [3.8, 4) is 0 Å². The summed E-state index contributed by atoms with van der Waals surface area (Å²) in [6.45, 7) is 5.66. The number of ether oxygens (including phenoxy) is 1. The van der Waals surface area contributed by atoms with Crippen LogP contribution >= 0.6 is 0 Å². The molecule has 3 rings (SSSR count). The van der Waals surface area contributed by atoms with Gasteiger partial charge in [-0.3, -0.25) is 4.79 Å². The summed E-state index contributed by atoms with van der Waals surface area (Å²) in [7, 11) is 1.31. The average molecular weight is 531 g/mol. The molecule has 11 heteroatoms. The highest BCUT2D eigenvalue weighted by molar-refractivity contribution is 5.94. The Balaban J connectivity index is 1.87. The van der Waals surface area contributed by atoms with E-state index in [0.717, 1.165) is 10.5 Å². The van der Waals surface area contributed by atoms with Crippen LogP contribution in [0.3, 0.4) is 0 Å². The van der Waals surface area contributed by atoms with Gasteiger partial charge < -0.3 is 14.5 Å². The third-order valence-corrected chi connectivity index (χ3v) is 6.01. The first-order chi connectivity index (χ1) is 17.0. The summed E-state index contributed by atoms with van der Waals surface area (Å²) in [4.78, 5) is 28.3. The van der Waals surface area contributed by atoms with Crippen molar-refractivity contribution in [3.63, 3.8) is 0 Å². The maximum absolute atomic E-state index is 13.3. The van der Waals surface area contributed by atoms with Crippen molar-refractivity contribution < 1.29 is 40.7 Å². The van der Waals surface area contributed by atoms with Crippen LogP contribution in [0, 0.1) is 5.92 Å². The van der Waals surface area contributed by atoms with E-state index in [2.05, 4.69) is 0 Å². The monoisotopic (exact) mass is 530 g/mol. The highest BCUT2D eigenvalue weighted by atomic mass is 19.4. The number of nitrogens with zero attached hydrogens (tertiary/aromatic N) is 2. The van der Waals surface area contributed by atoms with E-state index in [1.807, 2.05) is 30.3 Å². The topological polar surface area (TPSA) is 49.9 Å². The fourth-order valence-electron chi connectivity index (χ4n) is 4.34. The molecule has 1 fully saturated rings. The molecule has 0 N–H and O–H groups in total. The number of hydrogen-bond acceptors (Lipinski definition) is 3. The molecule has 1 aliphatic heterocycles. The van der Waals surface area contributed by atoms with Gasteiger partial charge in [-0.25, -0.2) is 4.79 Å². The number of carbonyl (C=O) groups excluding carboxylic acids is 2. The molecule has 1 saturated heterocycles. The first kappa shape index (κ1) is 28.3. The van der Waals surface area contributed by atoms with Gasteiger partial charge in [0, 0.05) is 44.1 Å². The maximum atomic E-state index is 13.3.